The van der Waals surface area contributed by atoms with E-state index in [0.29, 0.717) is 5.69 Å². The molecule has 0 aliphatic carbocycles. The van der Waals surface area contributed by atoms with Crippen LogP contribution in [0.2, 0.25) is 0 Å². The van der Waals surface area contributed by atoms with E-state index in [-0.39, 0.29) is 11.5 Å². The fraction of sp³-hybridized carbons (Fsp3) is 0.0526. The summed E-state index contributed by atoms with van der Waals surface area (Å²) in [4.78, 5) is 24.4. The molecule has 0 bridgehead atoms. The lowest BCUT2D eigenvalue weighted by molar-refractivity contribution is -0.117. The van der Waals surface area contributed by atoms with Crippen molar-refractivity contribution in [3.63, 3.8) is 0 Å². The predicted octanol–water partition coefficient (Wildman–Crippen LogP) is 2.71. The number of anilines is 1. The van der Waals surface area contributed by atoms with Gasteiger partial charge in [0.1, 0.15) is 11.3 Å². The van der Waals surface area contributed by atoms with E-state index in [2.05, 4.69) is 5.43 Å². The molecule has 0 unspecified atom stereocenters. The minimum absolute atomic E-state index is 0.101. The third kappa shape index (κ3) is 3.20. The van der Waals surface area contributed by atoms with Crippen LogP contribution in [0, 0.1) is 0 Å². The zero-order valence-corrected chi connectivity index (χ0v) is 13.1. The van der Waals surface area contributed by atoms with Crippen LogP contribution < -0.4 is 15.2 Å². The Morgan fingerprint density at radius 1 is 1.00 bits per heavy atom. The number of hydrogen-bond donors (Lipinski definition) is 1. The summed E-state index contributed by atoms with van der Waals surface area (Å²) >= 11 is 0. The molecule has 0 radical (unpaired) electrons. The molecule has 0 spiro atoms. The van der Waals surface area contributed by atoms with Gasteiger partial charge in [0, 0.05) is 0 Å². The number of carbonyl (C=O) groups excluding carboxylic acids is 2. The highest BCUT2D eigenvalue weighted by atomic mass is 16.5. The summed E-state index contributed by atoms with van der Waals surface area (Å²) in [5, 5.41) is 1.25. The molecule has 2 amide bonds. The molecule has 1 N–H and O–H groups in total. The highest BCUT2D eigenvalue weighted by Gasteiger charge is 2.33. The maximum atomic E-state index is 12.4. The van der Waals surface area contributed by atoms with E-state index in [1.165, 1.54) is 11.1 Å². The summed E-state index contributed by atoms with van der Waals surface area (Å²) in [5.74, 6) is -0.0110. The van der Waals surface area contributed by atoms with Crippen molar-refractivity contribution in [3.8, 4) is 5.75 Å². The third-order valence-corrected chi connectivity index (χ3v) is 3.57. The molecule has 1 saturated heterocycles. The van der Waals surface area contributed by atoms with E-state index >= 15 is 0 Å². The van der Waals surface area contributed by atoms with Crippen LogP contribution in [0.15, 0.2) is 72.3 Å². The Morgan fingerprint density at radius 2 is 1.71 bits per heavy atom. The highest BCUT2D eigenvalue weighted by molar-refractivity contribution is 6.29. The Kier molecular flexibility index (Phi) is 4.43. The van der Waals surface area contributed by atoms with Crippen molar-refractivity contribution in [2.75, 3.05) is 12.1 Å². The molecule has 0 aromatic heterocycles. The number of ether oxygens (including phenoxy) is 1. The summed E-state index contributed by atoms with van der Waals surface area (Å²) in [6, 6.07) is 16.4. The molecule has 1 aliphatic heterocycles. The first-order valence-electron chi connectivity index (χ1n) is 7.42. The van der Waals surface area contributed by atoms with Crippen LogP contribution in [0.1, 0.15) is 5.56 Å². The number of nitrogens with one attached hydrogen (secondary N) is 1. The normalized spacial score (nSPS) is 16.0. The molecule has 0 saturated carbocycles. The van der Waals surface area contributed by atoms with Gasteiger partial charge >= 0.3 is 0 Å². The second kappa shape index (κ2) is 6.83. The molecule has 1 fully saturated rings. The first-order chi connectivity index (χ1) is 11.7. The standard InChI is InChI=1S/C19H16N2O3/c1-24-16-12-10-14(11-13-16)6-5-9-17-18(22)20-21(19(17)23)15-7-3-2-4-8-15/h2-13H,1H3,(H,20,22). The number of amides is 2. The minimum Gasteiger partial charge on any atom is -0.497 e. The first-order valence-corrected chi connectivity index (χ1v) is 7.42. The van der Waals surface area contributed by atoms with Crippen LogP contribution in [-0.2, 0) is 9.59 Å². The molecule has 24 heavy (non-hydrogen) atoms. The van der Waals surface area contributed by atoms with Gasteiger partial charge in [-0.25, -0.2) is 5.01 Å². The Labute approximate surface area is 139 Å². The third-order valence-electron chi connectivity index (χ3n) is 3.57. The average Bonchev–Trinajstić information content (AvgIpc) is 2.91. The molecule has 120 valence electrons. The highest BCUT2D eigenvalue weighted by Crippen LogP contribution is 2.19. The lowest BCUT2D eigenvalue weighted by atomic mass is 10.1. The molecule has 1 aliphatic rings. The number of nitrogens with zero attached hydrogens (tertiary/aromatic N) is 1. The van der Waals surface area contributed by atoms with E-state index in [1.807, 2.05) is 36.4 Å². The topological polar surface area (TPSA) is 58.6 Å². The maximum absolute atomic E-state index is 12.4. The van der Waals surface area contributed by atoms with Gasteiger partial charge in [0.25, 0.3) is 11.8 Å². The van der Waals surface area contributed by atoms with E-state index < -0.39 is 5.91 Å². The van der Waals surface area contributed by atoms with Gasteiger partial charge in [0.15, 0.2) is 0 Å². The molecule has 1 heterocycles. The Balaban J connectivity index is 1.76. The molecule has 2 aromatic rings. The van der Waals surface area contributed by atoms with Crippen LogP contribution in [0.3, 0.4) is 0 Å². The Bertz CT molecular complexity index is 808. The number of hydrazine groups is 1. The monoisotopic (exact) mass is 320 g/mol. The summed E-state index contributed by atoms with van der Waals surface area (Å²) in [6.45, 7) is 0. The van der Waals surface area contributed by atoms with Crippen molar-refractivity contribution in [2.45, 2.75) is 0 Å². The Morgan fingerprint density at radius 3 is 2.38 bits per heavy atom. The number of methoxy groups -OCH3 is 1. The molecule has 2 aromatic carbocycles. The second-order valence-corrected chi connectivity index (χ2v) is 5.13. The van der Waals surface area contributed by atoms with E-state index in [9.17, 15) is 9.59 Å². The SMILES string of the molecule is COc1ccc(C=CC=C2C(=O)NN(c3ccccc3)C2=O)cc1. The fourth-order valence-corrected chi connectivity index (χ4v) is 2.31. The quantitative estimate of drug-likeness (QED) is 0.696. The fourth-order valence-electron chi connectivity index (χ4n) is 2.31. The molecular weight excluding hydrogens is 304 g/mol. The number of allylic oxidation sites excluding steroid dienone is 2. The first kappa shape index (κ1) is 15.6. The molecule has 0 atom stereocenters. The number of benzene rings is 2. The van der Waals surface area contributed by atoms with Crippen LogP contribution >= 0.6 is 0 Å². The summed E-state index contributed by atoms with van der Waals surface area (Å²) in [7, 11) is 1.61. The van der Waals surface area contributed by atoms with Gasteiger partial charge in [-0.15, -0.1) is 0 Å². The van der Waals surface area contributed by atoms with Gasteiger partial charge in [-0.3, -0.25) is 15.0 Å². The van der Waals surface area contributed by atoms with Crippen molar-refractivity contribution < 1.29 is 14.3 Å². The molecule has 5 heteroatoms. The summed E-state index contributed by atoms with van der Waals surface area (Å²) in [6.07, 6.45) is 5.02. The smallest absolute Gasteiger partial charge is 0.282 e. The van der Waals surface area contributed by atoms with Crippen molar-refractivity contribution >= 4 is 23.6 Å². The largest absolute Gasteiger partial charge is 0.497 e. The number of carbonyl (C=O) groups is 2. The number of para-hydroxylation sites is 1. The second-order valence-electron chi connectivity index (χ2n) is 5.13. The van der Waals surface area contributed by atoms with Crippen LogP contribution in [0.4, 0.5) is 5.69 Å². The van der Waals surface area contributed by atoms with Gasteiger partial charge in [0.05, 0.1) is 12.8 Å². The minimum atomic E-state index is -0.414. The van der Waals surface area contributed by atoms with Crippen molar-refractivity contribution in [1.82, 2.24) is 5.43 Å². The Hall–Kier alpha value is -3.34. The van der Waals surface area contributed by atoms with Gasteiger partial charge < -0.3 is 4.74 Å². The van der Waals surface area contributed by atoms with Crippen molar-refractivity contribution in [2.24, 2.45) is 0 Å². The van der Waals surface area contributed by atoms with Crippen LogP contribution in [0.5, 0.6) is 5.75 Å². The van der Waals surface area contributed by atoms with Gasteiger partial charge in [0.2, 0.25) is 0 Å². The zero-order chi connectivity index (χ0) is 16.9. The van der Waals surface area contributed by atoms with Gasteiger partial charge in [-0.1, -0.05) is 42.5 Å². The zero-order valence-electron chi connectivity index (χ0n) is 13.1. The van der Waals surface area contributed by atoms with Gasteiger partial charge in [-0.2, -0.15) is 0 Å². The van der Waals surface area contributed by atoms with Crippen LogP contribution in [-0.4, -0.2) is 18.9 Å². The number of hydrogen-bond acceptors (Lipinski definition) is 3. The lowest BCUT2D eigenvalue weighted by Gasteiger charge is -2.13. The molecule has 3 rings (SSSR count). The van der Waals surface area contributed by atoms with Crippen molar-refractivity contribution in [1.29, 1.82) is 0 Å². The average molecular weight is 320 g/mol. The van der Waals surface area contributed by atoms with E-state index in [0.717, 1.165) is 11.3 Å². The van der Waals surface area contributed by atoms with Crippen molar-refractivity contribution in [3.05, 3.63) is 77.9 Å². The lowest BCUT2D eigenvalue weighted by Crippen LogP contribution is -2.35. The predicted molar refractivity (Wildman–Crippen MR) is 92.2 cm³/mol. The number of rotatable bonds is 4. The summed E-state index contributed by atoms with van der Waals surface area (Å²) < 4.78 is 5.10. The molecule has 5 nitrogen and oxygen atoms in total. The van der Waals surface area contributed by atoms with E-state index in [1.54, 1.807) is 37.5 Å². The van der Waals surface area contributed by atoms with E-state index in [4.69, 9.17) is 4.74 Å². The maximum Gasteiger partial charge on any atom is 0.282 e. The van der Waals surface area contributed by atoms with Gasteiger partial charge in [-0.05, 0) is 35.9 Å². The summed E-state index contributed by atoms with van der Waals surface area (Å²) in [5.41, 5.74) is 4.23. The van der Waals surface area contributed by atoms with Crippen LogP contribution in [0.25, 0.3) is 6.08 Å². The molecular formula is C19H16N2O3.